The molecule has 5 nitrogen and oxygen atoms in total. The largest absolute Gasteiger partial charge is 0.433 e. The fourth-order valence-electron chi connectivity index (χ4n) is 3.09. The maximum absolute atomic E-state index is 12.9. The zero-order chi connectivity index (χ0) is 17.3. The molecule has 0 saturated carbocycles. The molecule has 0 aliphatic carbocycles. The highest BCUT2D eigenvalue weighted by atomic mass is 19.4. The van der Waals surface area contributed by atoms with Gasteiger partial charge in [0.2, 0.25) is 0 Å². The highest BCUT2D eigenvalue weighted by Gasteiger charge is 2.33. The minimum absolute atomic E-state index is 0.139. The highest BCUT2D eigenvalue weighted by Crippen LogP contribution is 2.32. The zero-order valence-corrected chi connectivity index (χ0v) is 13.7. The van der Waals surface area contributed by atoms with Crippen LogP contribution in [0.1, 0.15) is 50.2 Å². The van der Waals surface area contributed by atoms with E-state index < -0.39 is 11.9 Å². The van der Waals surface area contributed by atoms with Crippen molar-refractivity contribution >= 4 is 5.82 Å². The summed E-state index contributed by atoms with van der Waals surface area (Å²) in [6, 6.07) is 4.29. The van der Waals surface area contributed by atoms with E-state index in [1.165, 1.54) is 6.07 Å². The summed E-state index contributed by atoms with van der Waals surface area (Å²) >= 11 is 0. The van der Waals surface area contributed by atoms with Crippen molar-refractivity contribution in [1.29, 1.82) is 0 Å². The van der Waals surface area contributed by atoms with Crippen LogP contribution in [-0.4, -0.2) is 32.8 Å². The minimum atomic E-state index is -4.43. The van der Waals surface area contributed by atoms with Gasteiger partial charge in [0.05, 0.1) is 0 Å². The van der Waals surface area contributed by atoms with Crippen molar-refractivity contribution in [1.82, 2.24) is 19.7 Å². The van der Waals surface area contributed by atoms with Gasteiger partial charge < -0.3 is 9.47 Å². The van der Waals surface area contributed by atoms with Gasteiger partial charge in [-0.25, -0.2) is 4.98 Å². The van der Waals surface area contributed by atoms with E-state index in [1.54, 1.807) is 12.4 Å². The molecule has 1 aliphatic heterocycles. The van der Waals surface area contributed by atoms with Crippen LogP contribution in [0, 0.1) is 0 Å². The second-order valence-electron chi connectivity index (χ2n) is 6.35. The molecule has 3 heterocycles. The molecule has 24 heavy (non-hydrogen) atoms. The van der Waals surface area contributed by atoms with Crippen LogP contribution in [0.5, 0.6) is 0 Å². The lowest BCUT2D eigenvalue weighted by Crippen LogP contribution is -2.36. The molecule has 2 aromatic rings. The Morgan fingerprint density at radius 3 is 2.75 bits per heavy atom. The molecule has 1 fully saturated rings. The first-order valence-corrected chi connectivity index (χ1v) is 8.05. The third kappa shape index (κ3) is 3.37. The summed E-state index contributed by atoms with van der Waals surface area (Å²) in [5.74, 6) is 1.40. The fraction of sp³-hybridized carbons (Fsp3) is 0.562. The van der Waals surface area contributed by atoms with Crippen molar-refractivity contribution < 1.29 is 13.2 Å². The molecule has 1 atom stereocenters. The maximum Gasteiger partial charge on any atom is 0.433 e. The number of pyridine rings is 1. The second-order valence-corrected chi connectivity index (χ2v) is 6.35. The summed E-state index contributed by atoms with van der Waals surface area (Å²) in [5.41, 5.74) is -0.854. The van der Waals surface area contributed by atoms with Gasteiger partial charge in [-0.1, -0.05) is 6.07 Å². The van der Waals surface area contributed by atoms with Crippen molar-refractivity contribution in [3.63, 3.8) is 0 Å². The molecule has 2 aromatic heterocycles. The van der Waals surface area contributed by atoms with E-state index in [1.807, 2.05) is 9.47 Å². The molecule has 1 saturated heterocycles. The minimum Gasteiger partial charge on any atom is -0.356 e. The van der Waals surface area contributed by atoms with Crippen molar-refractivity contribution in [2.24, 2.45) is 0 Å². The smallest absolute Gasteiger partial charge is 0.356 e. The van der Waals surface area contributed by atoms with Gasteiger partial charge in [-0.15, -0.1) is 10.2 Å². The summed E-state index contributed by atoms with van der Waals surface area (Å²) in [6.45, 7) is 5.41. The van der Waals surface area contributed by atoms with Crippen LogP contribution >= 0.6 is 0 Å². The number of halogens is 3. The van der Waals surface area contributed by atoms with E-state index in [9.17, 15) is 13.2 Å². The summed E-state index contributed by atoms with van der Waals surface area (Å²) in [5, 5.41) is 8.22. The van der Waals surface area contributed by atoms with E-state index in [2.05, 4.69) is 29.0 Å². The van der Waals surface area contributed by atoms with Crippen molar-refractivity contribution in [3.05, 3.63) is 36.0 Å². The first kappa shape index (κ1) is 16.7. The molecule has 0 aromatic carbocycles. The van der Waals surface area contributed by atoms with Crippen molar-refractivity contribution in [2.45, 2.75) is 44.8 Å². The molecule has 1 aliphatic rings. The van der Waals surface area contributed by atoms with Crippen LogP contribution < -0.4 is 4.90 Å². The fourth-order valence-corrected chi connectivity index (χ4v) is 3.09. The second kappa shape index (κ2) is 6.41. The van der Waals surface area contributed by atoms with Crippen molar-refractivity contribution in [2.75, 3.05) is 18.0 Å². The number of aromatic nitrogens is 4. The van der Waals surface area contributed by atoms with Crippen LogP contribution in [0.2, 0.25) is 0 Å². The predicted molar refractivity (Wildman–Crippen MR) is 83.8 cm³/mol. The van der Waals surface area contributed by atoms with Crippen LogP contribution in [-0.2, 0) is 6.18 Å². The Bertz CT molecular complexity index is 695. The van der Waals surface area contributed by atoms with E-state index in [-0.39, 0.29) is 12.0 Å². The van der Waals surface area contributed by atoms with Gasteiger partial charge in [0, 0.05) is 25.0 Å². The number of hydrogen-bond acceptors (Lipinski definition) is 4. The van der Waals surface area contributed by atoms with Gasteiger partial charge in [-0.05, 0) is 38.8 Å². The summed E-state index contributed by atoms with van der Waals surface area (Å²) in [7, 11) is 0. The number of rotatable bonds is 3. The highest BCUT2D eigenvalue weighted by molar-refractivity contribution is 5.41. The lowest BCUT2D eigenvalue weighted by atomic mass is 9.97. The maximum atomic E-state index is 12.9. The van der Waals surface area contributed by atoms with E-state index in [0.29, 0.717) is 18.9 Å². The van der Waals surface area contributed by atoms with E-state index in [4.69, 9.17) is 0 Å². The Morgan fingerprint density at radius 1 is 1.25 bits per heavy atom. The molecule has 3 rings (SSSR count). The van der Waals surface area contributed by atoms with Crippen LogP contribution in [0.25, 0.3) is 0 Å². The monoisotopic (exact) mass is 339 g/mol. The Morgan fingerprint density at radius 2 is 2.04 bits per heavy atom. The number of hydrogen-bond donors (Lipinski definition) is 0. The standard InChI is InChI=1S/C16H20F3N5/c1-11(2)24-10-20-22-15(24)12-5-4-8-23(9-12)14-7-3-6-13(21-14)16(17,18)19/h3,6-7,10-12H,4-5,8-9H2,1-2H3. The van der Waals surface area contributed by atoms with Crippen molar-refractivity contribution in [3.8, 4) is 0 Å². The van der Waals surface area contributed by atoms with Gasteiger partial charge in [-0.2, -0.15) is 13.2 Å². The molecule has 0 amide bonds. The van der Waals surface area contributed by atoms with Gasteiger partial charge >= 0.3 is 6.18 Å². The summed E-state index contributed by atoms with van der Waals surface area (Å²) in [6.07, 6.45) is -0.890. The average Bonchev–Trinajstić information content (AvgIpc) is 3.04. The molecule has 1 unspecified atom stereocenters. The lowest BCUT2D eigenvalue weighted by molar-refractivity contribution is -0.141. The van der Waals surface area contributed by atoms with E-state index >= 15 is 0 Å². The normalized spacial score (nSPS) is 19.1. The van der Waals surface area contributed by atoms with Crippen LogP contribution in [0.15, 0.2) is 24.5 Å². The van der Waals surface area contributed by atoms with Gasteiger partial charge in [0.25, 0.3) is 0 Å². The summed E-state index contributed by atoms with van der Waals surface area (Å²) < 4.78 is 40.6. The molecule has 0 N–H and O–H groups in total. The quantitative estimate of drug-likeness (QED) is 0.856. The molecule has 0 radical (unpaired) electrons. The lowest BCUT2D eigenvalue weighted by Gasteiger charge is -2.33. The third-order valence-electron chi connectivity index (χ3n) is 4.29. The summed E-state index contributed by atoms with van der Waals surface area (Å²) in [4.78, 5) is 5.70. The molecule has 130 valence electrons. The molecular weight excluding hydrogens is 319 g/mol. The Hall–Kier alpha value is -2.12. The molecule has 0 bridgehead atoms. The number of alkyl halides is 3. The Kier molecular flexibility index (Phi) is 4.47. The van der Waals surface area contributed by atoms with E-state index in [0.717, 1.165) is 24.7 Å². The predicted octanol–water partition coefficient (Wildman–Crippen LogP) is 3.66. The van der Waals surface area contributed by atoms with Crippen LogP contribution in [0.4, 0.5) is 19.0 Å². The van der Waals surface area contributed by atoms with Gasteiger partial charge in [-0.3, -0.25) is 0 Å². The Balaban J connectivity index is 1.82. The first-order valence-electron chi connectivity index (χ1n) is 8.05. The first-order chi connectivity index (χ1) is 11.4. The number of nitrogens with zero attached hydrogens (tertiary/aromatic N) is 5. The molecule has 0 spiro atoms. The third-order valence-corrected chi connectivity index (χ3v) is 4.29. The SMILES string of the molecule is CC(C)n1cnnc1C1CCCN(c2cccc(C(F)(F)F)n2)C1. The molecular formula is C16H20F3N5. The number of piperidine rings is 1. The zero-order valence-electron chi connectivity index (χ0n) is 13.7. The molecule has 8 heteroatoms. The number of anilines is 1. The van der Waals surface area contributed by atoms with Crippen LogP contribution in [0.3, 0.4) is 0 Å². The van der Waals surface area contributed by atoms with Gasteiger partial charge in [0.15, 0.2) is 0 Å². The Labute approximate surface area is 138 Å². The average molecular weight is 339 g/mol. The topological polar surface area (TPSA) is 46.8 Å². The van der Waals surface area contributed by atoms with Gasteiger partial charge in [0.1, 0.15) is 23.7 Å².